The van der Waals surface area contributed by atoms with Crippen LogP contribution in [0.2, 0.25) is 0 Å². The van der Waals surface area contributed by atoms with Gasteiger partial charge in [-0.2, -0.15) is 4.31 Å². The van der Waals surface area contributed by atoms with Crippen molar-refractivity contribution in [3.63, 3.8) is 0 Å². The molecule has 0 unspecified atom stereocenters. The van der Waals surface area contributed by atoms with Crippen LogP contribution in [0.4, 0.5) is 5.69 Å². The topological polar surface area (TPSA) is 107 Å². The summed E-state index contributed by atoms with van der Waals surface area (Å²) in [4.78, 5) is 24.0. The van der Waals surface area contributed by atoms with Crippen LogP contribution < -0.4 is 10.4 Å². The number of amides is 1. The summed E-state index contributed by atoms with van der Waals surface area (Å²) in [5, 5.41) is 14.0. The normalized spacial score (nSPS) is 24.6. The van der Waals surface area contributed by atoms with E-state index in [1.165, 1.54) is 16.4 Å². The van der Waals surface area contributed by atoms with Gasteiger partial charge in [0.15, 0.2) is 0 Å². The number of hydrogen-bond acceptors (Lipinski definition) is 5. The minimum atomic E-state index is -3.54. The van der Waals surface area contributed by atoms with Crippen LogP contribution in [0.3, 0.4) is 0 Å². The maximum absolute atomic E-state index is 12.8. The smallest absolute Gasteiger partial charge is 0.243 e. The quantitative estimate of drug-likeness (QED) is 0.798. The lowest BCUT2D eigenvalue weighted by Gasteiger charge is -2.31. The van der Waals surface area contributed by atoms with Crippen molar-refractivity contribution < 1.29 is 23.1 Å². The molecule has 28 heavy (non-hydrogen) atoms. The lowest BCUT2D eigenvalue weighted by atomic mass is 9.78. The van der Waals surface area contributed by atoms with E-state index in [4.69, 9.17) is 0 Å². The summed E-state index contributed by atoms with van der Waals surface area (Å²) in [5.41, 5.74) is 0.457. The molecular formula is C20H27N2O5S-. The number of benzene rings is 1. The molecule has 1 aliphatic heterocycles. The van der Waals surface area contributed by atoms with Crippen molar-refractivity contribution in [1.82, 2.24) is 4.31 Å². The van der Waals surface area contributed by atoms with Crippen LogP contribution in [-0.2, 0) is 19.6 Å². The molecule has 1 saturated carbocycles. The van der Waals surface area contributed by atoms with Gasteiger partial charge in [0.2, 0.25) is 15.9 Å². The molecule has 0 spiro atoms. The van der Waals surface area contributed by atoms with Crippen LogP contribution in [0, 0.1) is 17.8 Å². The third-order valence-corrected chi connectivity index (χ3v) is 7.82. The molecule has 154 valence electrons. The number of piperidine rings is 1. The summed E-state index contributed by atoms with van der Waals surface area (Å²) in [6.45, 7) is 3.17. The van der Waals surface area contributed by atoms with E-state index in [2.05, 4.69) is 12.2 Å². The van der Waals surface area contributed by atoms with Crippen molar-refractivity contribution in [3.05, 3.63) is 24.3 Å². The van der Waals surface area contributed by atoms with Crippen LogP contribution in [-0.4, -0.2) is 37.7 Å². The summed E-state index contributed by atoms with van der Waals surface area (Å²) in [5.74, 6) is -2.38. The standard InChI is InChI=1S/C20H28N2O5S/c1-14-10-12-22(13-11-14)28(26,27)16-8-6-15(7-9-16)21-19(23)17-4-2-3-5-18(17)20(24)25/h6-9,14,17-18H,2-5,10-13H2,1H3,(H,21,23)(H,24,25)/p-1/t17-,18-/m0/s1. The first-order chi connectivity index (χ1) is 13.3. The number of carboxylic acid groups (broad SMARTS) is 1. The highest BCUT2D eigenvalue weighted by Crippen LogP contribution is 2.31. The lowest BCUT2D eigenvalue weighted by molar-refractivity contribution is -0.313. The van der Waals surface area contributed by atoms with E-state index in [1.54, 1.807) is 12.1 Å². The first-order valence-electron chi connectivity index (χ1n) is 9.91. The van der Waals surface area contributed by atoms with E-state index in [9.17, 15) is 23.1 Å². The number of carboxylic acids is 1. The molecule has 2 fully saturated rings. The zero-order chi connectivity index (χ0) is 20.3. The maximum Gasteiger partial charge on any atom is 0.243 e. The van der Waals surface area contributed by atoms with Gasteiger partial charge in [-0.05, 0) is 55.9 Å². The summed E-state index contributed by atoms with van der Waals surface area (Å²) in [6, 6.07) is 6.07. The summed E-state index contributed by atoms with van der Waals surface area (Å²) < 4.78 is 27.0. The Morgan fingerprint density at radius 2 is 1.57 bits per heavy atom. The number of nitrogens with one attached hydrogen (secondary N) is 1. The number of carbonyl (C=O) groups is 2. The Morgan fingerprint density at radius 3 is 2.14 bits per heavy atom. The van der Waals surface area contributed by atoms with Crippen LogP contribution in [0.15, 0.2) is 29.2 Å². The highest BCUT2D eigenvalue weighted by atomic mass is 32.2. The zero-order valence-electron chi connectivity index (χ0n) is 16.1. The predicted octanol–water partition coefficient (Wildman–Crippen LogP) is 1.60. The second kappa shape index (κ2) is 8.61. The predicted molar refractivity (Wildman–Crippen MR) is 103 cm³/mol. The highest BCUT2D eigenvalue weighted by molar-refractivity contribution is 7.89. The lowest BCUT2D eigenvalue weighted by Crippen LogP contribution is -2.42. The Labute approximate surface area is 166 Å². The van der Waals surface area contributed by atoms with Gasteiger partial charge in [-0.3, -0.25) is 4.79 Å². The third kappa shape index (κ3) is 4.55. The van der Waals surface area contributed by atoms with Gasteiger partial charge in [-0.25, -0.2) is 8.42 Å². The average molecular weight is 408 g/mol. The molecule has 2 atom stereocenters. The molecule has 1 aromatic rings. The van der Waals surface area contributed by atoms with Crippen molar-refractivity contribution in [2.24, 2.45) is 17.8 Å². The molecule has 0 radical (unpaired) electrons. The molecule has 1 aromatic carbocycles. The van der Waals surface area contributed by atoms with Gasteiger partial charge < -0.3 is 15.2 Å². The van der Waals surface area contributed by atoms with Crippen LogP contribution in [0.5, 0.6) is 0 Å². The number of carbonyl (C=O) groups excluding carboxylic acids is 2. The van der Waals surface area contributed by atoms with Crippen molar-refractivity contribution in [3.8, 4) is 0 Å². The van der Waals surface area contributed by atoms with Crippen LogP contribution >= 0.6 is 0 Å². The monoisotopic (exact) mass is 407 g/mol. The number of rotatable bonds is 5. The maximum atomic E-state index is 12.8. The van der Waals surface area contributed by atoms with Crippen molar-refractivity contribution in [2.75, 3.05) is 18.4 Å². The van der Waals surface area contributed by atoms with Crippen LogP contribution in [0.1, 0.15) is 45.4 Å². The Bertz CT molecular complexity index is 814. The molecule has 1 N–H and O–H groups in total. The third-order valence-electron chi connectivity index (χ3n) is 5.91. The van der Waals surface area contributed by atoms with Crippen molar-refractivity contribution >= 4 is 27.6 Å². The summed E-state index contributed by atoms with van der Waals surface area (Å²) in [6.07, 6.45) is 4.27. The molecule has 1 aliphatic carbocycles. The summed E-state index contributed by atoms with van der Waals surface area (Å²) in [7, 11) is -3.54. The van der Waals surface area contributed by atoms with Gasteiger partial charge in [-0.15, -0.1) is 0 Å². The number of hydrogen-bond donors (Lipinski definition) is 1. The molecule has 1 saturated heterocycles. The first kappa shape index (κ1) is 20.8. The first-order valence-corrected chi connectivity index (χ1v) is 11.3. The molecule has 2 aliphatic rings. The van der Waals surface area contributed by atoms with E-state index < -0.39 is 27.8 Å². The molecule has 8 heteroatoms. The second-order valence-electron chi connectivity index (χ2n) is 7.92. The molecule has 7 nitrogen and oxygen atoms in total. The fraction of sp³-hybridized carbons (Fsp3) is 0.600. The minimum absolute atomic E-state index is 0.199. The Balaban J connectivity index is 1.67. The average Bonchev–Trinajstić information content (AvgIpc) is 2.68. The van der Waals surface area contributed by atoms with Gasteiger partial charge >= 0.3 is 0 Å². The molecular weight excluding hydrogens is 380 g/mol. The van der Waals surface area contributed by atoms with Crippen LogP contribution in [0.25, 0.3) is 0 Å². The molecule has 1 amide bonds. The van der Waals surface area contributed by atoms with Gasteiger partial charge in [-0.1, -0.05) is 19.8 Å². The van der Waals surface area contributed by atoms with Gasteiger partial charge in [0.1, 0.15) is 0 Å². The van der Waals surface area contributed by atoms with E-state index in [0.29, 0.717) is 37.5 Å². The SMILES string of the molecule is CC1CCN(S(=O)(=O)c2ccc(NC(=O)[C@H]3CCCC[C@@H]3C(=O)[O-])cc2)CC1. The zero-order valence-corrected chi connectivity index (χ0v) is 16.9. The van der Waals surface area contributed by atoms with Gasteiger partial charge in [0, 0.05) is 36.6 Å². The number of anilines is 1. The van der Waals surface area contributed by atoms with E-state index in [0.717, 1.165) is 25.7 Å². The van der Waals surface area contributed by atoms with E-state index in [1.807, 2.05) is 0 Å². The molecule has 1 heterocycles. The molecule has 0 aromatic heterocycles. The Morgan fingerprint density at radius 1 is 1.00 bits per heavy atom. The summed E-state index contributed by atoms with van der Waals surface area (Å²) >= 11 is 0. The minimum Gasteiger partial charge on any atom is -0.550 e. The Kier molecular flexibility index (Phi) is 6.40. The van der Waals surface area contributed by atoms with Gasteiger partial charge in [0.25, 0.3) is 0 Å². The highest BCUT2D eigenvalue weighted by Gasteiger charge is 2.32. The molecule has 0 bridgehead atoms. The van der Waals surface area contributed by atoms with Crippen molar-refractivity contribution in [1.29, 1.82) is 0 Å². The number of sulfonamides is 1. The van der Waals surface area contributed by atoms with E-state index >= 15 is 0 Å². The number of aliphatic carboxylic acids is 1. The van der Waals surface area contributed by atoms with E-state index in [-0.39, 0.29) is 10.8 Å². The molecule has 3 rings (SSSR count). The second-order valence-corrected chi connectivity index (χ2v) is 9.85. The van der Waals surface area contributed by atoms with Crippen molar-refractivity contribution in [2.45, 2.75) is 50.3 Å². The largest absolute Gasteiger partial charge is 0.550 e. The van der Waals surface area contributed by atoms with Gasteiger partial charge in [0.05, 0.1) is 4.90 Å². The fourth-order valence-corrected chi connectivity index (χ4v) is 5.52. The fourth-order valence-electron chi connectivity index (χ4n) is 4.05. The Hall–Kier alpha value is -1.93. The number of nitrogens with zero attached hydrogens (tertiary/aromatic N) is 1.